The summed E-state index contributed by atoms with van der Waals surface area (Å²) in [5.41, 5.74) is 9.41. The topological polar surface area (TPSA) is 43.1 Å². The maximum atomic E-state index is 12.7. The molecule has 20 heavy (non-hydrogen) atoms. The zero-order valence-corrected chi connectivity index (χ0v) is 12.3. The molecular weight excluding hydrogens is 266 g/mol. The summed E-state index contributed by atoms with van der Waals surface area (Å²) in [7, 11) is 0. The lowest BCUT2D eigenvalue weighted by Crippen LogP contribution is -2.06. The lowest BCUT2D eigenvalue weighted by atomic mass is 10.0. The first-order valence-corrected chi connectivity index (χ1v) is 7.28. The maximum Gasteiger partial charge on any atom is 0.196 e. The van der Waals surface area contributed by atoms with Crippen LogP contribution in [0.3, 0.4) is 0 Å². The lowest BCUT2D eigenvalue weighted by molar-refractivity contribution is 1.49. The molecule has 0 atom stereocenters. The van der Waals surface area contributed by atoms with Crippen molar-refractivity contribution < 1.29 is 0 Å². The smallest absolute Gasteiger partial charge is 0.196 e. The van der Waals surface area contributed by atoms with Crippen molar-refractivity contribution in [1.29, 1.82) is 0 Å². The fraction of sp³-hybridized carbons (Fsp3) is 0.118. The van der Waals surface area contributed by atoms with Gasteiger partial charge in [0.15, 0.2) is 5.43 Å². The SMILES string of the molecule is Cc1ccc2c(=O)c(-c3ccc(N)cc3)c(C)sc2c1. The highest BCUT2D eigenvalue weighted by Gasteiger charge is 2.11. The molecule has 0 bridgehead atoms. The number of hydrogen-bond acceptors (Lipinski definition) is 3. The summed E-state index contributed by atoms with van der Waals surface area (Å²) in [6.07, 6.45) is 0. The van der Waals surface area contributed by atoms with E-state index < -0.39 is 0 Å². The van der Waals surface area contributed by atoms with Gasteiger partial charge in [0.2, 0.25) is 0 Å². The Kier molecular flexibility index (Phi) is 3.07. The summed E-state index contributed by atoms with van der Waals surface area (Å²) in [5.74, 6) is 0. The Hall–Kier alpha value is -2.13. The molecule has 3 heteroatoms. The van der Waals surface area contributed by atoms with Crippen LogP contribution in [0.5, 0.6) is 0 Å². The van der Waals surface area contributed by atoms with Gasteiger partial charge in [0, 0.05) is 26.2 Å². The summed E-state index contributed by atoms with van der Waals surface area (Å²) in [6.45, 7) is 4.04. The fourth-order valence-electron chi connectivity index (χ4n) is 2.40. The van der Waals surface area contributed by atoms with Crippen molar-refractivity contribution in [3.63, 3.8) is 0 Å². The number of hydrogen-bond donors (Lipinski definition) is 1. The van der Waals surface area contributed by atoms with Crippen LogP contribution in [0.1, 0.15) is 10.4 Å². The number of nitrogen functional groups attached to an aromatic ring is 1. The highest BCUT2D eigenvalue weighted by Crippen LogP contribution is 2.29. The third kappa shape index (κ3) is 2.10. The van der Waals surface area contributed by atoms with E-state index in [2.05, 4.69) is 6.07 Å². The molecule has 0 unspecified atom stereocenters. The lowest BCUT2D eigenvalue weighted by Gasteiger charge is -2.08. The molecule has 2 aromatic carbocycles. The molecule has 0 amide bonds. The molecule has 2 nitrogen and oxygen atoms in total. The van der Waals surface area contributed by atoms with Crippen LogP contribution in [0.4, 0.5) is 5.69 Å². The van der Waals surface area contributed by atoms with Gasteiger partial charge in [0.1, 0.15) is 0 Å². The van der Waals surface area contributed by atoms with Gasteiger partial charge >= 0.3 is 0 Å². The highest BCUT2D eigenvalue weighted by atomic mass is 32.1. The molecular formula is C17H15NOS. The maximum absolute atomic E-state index is 12.7. The van der Waals surface area contributed by atoms with E-state index >= 15 is 0 Å². The highest BCUT2D eigenvalue weighted by molar-refractivity contribution is 7.18. The van der Waals surface area contributed by atoms with Crippen molar-refractivity contribution in [2.75, 3.05) is 5.73 Å². The molecule has 0 radical (unpaired) electrons. The quantitative estimate of drug-likeness (QED) is 0.682. The number of benzene rings is 2. The molecule has 1 heterocycles. The summed E-state index contributed by atoms with van der Waals surface area (Å²) in [4.78, 5) is 13.8. The zero-order chi connectivity index (χ0) is 14.3. The fourth-order valence-corrected chi connectivity index (χ4v) is 3.55. The summed E-state index contributed by atoms with van der Waals surface area (Å²) in [5, 5.41) is 0.790. The number of rotatable bonds is 1. The molecule has 0 saturated heterocycles. The monoisotopic (exact) mass is 281 g/mol. The predicted molar refractivity (Wildman–Crippen MR) is 87.4 cm³/mol. The van der Waals surface area contributed by atoms with E-state index in [1.165, 1.54) is 5.56 Å². The molecule has 0 spiro atoms. The van der Waals surface area contributed by atoms with E-state index in [0.717, 1.165) is 26.1 Å². The van der Waals surface area contributed by atoms with Crippen molar-refractivity contribution in [2.45, 2.75) is 13.8 Å². The third-order valence-electron chi connectivity index (χ3n) is 3.42. The molecule has 0 aliphatic rings. The largest absolute Gasteiger partial charge is 0.399 e. The van der Waals surface area contributed by atoms with Crippen LogP contribution in [0.25, 0.3) is 21.2 Å². The predicted octanol–water partition coefficient (Wildman–Crippen LogP) is 4.13. The van der Waals surface area contributed by atoms with E-state index in [0.29, 0.717) is 5.69 Å². The van der Waals surface area contributed by atoms with Gasteiger partial charge in [-0.15, -0.1) is 11.3 Å². The number of anilines is 1. The Morgan fingerprint density at radius 2 is 1.70 bits per heavy atom. The number of fused-ring (bicyclic) bond motifs is 1. The van der Waals surface area contributed by atoms with Crippen molar-refractivity contribution in [2.24, 2.45) is 0 Å². The number of nitrogens with two attached hydrogens (primary N) is 1. The molecule has 3 rings (SSSR count). The second kappa shape index (κ2) is 4.76. The van der Waals surface area contributed by atoms with Crippen LogP contribution in [-0.4, -0.2) is 0 Å². The van der Waals surface area contributed by atoms with Gasteiger partial charge in [0.05, 0.1) is 0 Å². The molecule has 0 aliphatic heterocycles. The van der Waals surface area contributed by atoms with Gasteiger partial charge < -0.3 is 5.73 Å². The second-order valence-electron chi connectivity index (χ2n) is 4.98. The van der Waals surface area contributed by atoms with E-state index in [-0.39, 0.29) is 5.43 Å². The Morgan fingerprint density at radius 3 is 2.40 bits per heavy atom. The van der Waals surface area contributed by atoms with Crippen LogP contribution in [-0.2, 0) is 0 Å². The Morgan fingerprint density at radius 1 is 1.00 bits per heavy atom. The van der Waals surface area contributed by atoms with E-state index in [4.69, 9.17) is 5.73 Å². The minimum atomic E-state index is 0.0982. The summed E-state index contributed by atoms with van der Waals surface area (Å²) >= 11 is 1.66. The normalized spacial score (nSPS) is 10.9. The molecule has 2 N–H and O–H groups in total. The van der Waals surface area contributed by atoms with E-state index in [9.17, 15) is 4.79 Å². The first-order valence-electron chi connectivity index (χ1n) is 6.46. The van der Waals surface area contributed by atoms with Crippen molar-refractivity contribution in [3.05, 3.63) is 63.1 Å². The Labute approximate surface area is 121 Å². The standard InChI is InChI=1S/C17H15NOS/c1-10-3-8-14-15(9-10)20-11(2)16(17(14)19)12-4-6-13(18)7-5-12/h3-9H,18H2,1-2H3. The molecule has 1 aromatic heterocycles. The molecule has 0 fully saturated rings. The van der Waals surface area contributed by atoms with Crippen molar-refractivity contribution in [3.8, 4) is 11.1 Å². The first kappa shape index (κ1) is 12.9. The minimum absolute atomic E-state index is 0.0982. The third-order valence-corrected chi connectivity index (χ3v) is 4.49. The average Bonchev–Trinajstić information content (AvgIpc) is 2.40. The average molecular weight is 281 g/mol. The zero-order valence-electron chi connectivity index (χ0n) is 11.4. The molecule has 100 valence electrons. The summed E-state index contributed by atoms with van der Waals surface area (Å²) < 4.78 is 1.05. The van der Waals surface area contributed by atoms with Gasteiger partial charge in [-0.3, -0.25) is 4.79 Å². The second-order valence-corrected chi connectivity index (χ2v) is 6.24. The first-order chi connectivity index (χ1) is 9.56. The van der Waals surface area contributed by atoms with E-state index in [1.54, 1.807) is 11.3 Å². The summed E-state index contributed by atoms with van der Waals surface area (Å²) in [6, 6.07) is 13.5. The molecule has 0 saturated carbocycles. The van der Waals surface area contributed by atoms with Gasteiger partial charge in [-0.2, -0.15) is 0 Å². The van der Waals surface area contributed by atoms with Gasteiger partial charge in [0.25, 0.3) is 0 Å². The van der Waals surface area contributed by atoms with Crippen LogP contribution < -0.4 is 11.2 Å². The molecule has 3 aromatic rings. The van der Waals surface area contributed by atoms with Crippen molar-refractivity contribution >= 4 is 27.1 Å². The van der Waals surface area contributed by atoms with Gasteiger partial charge in [-0.05, 0) is 49.2 Å². The van der Waals surface area contributed by atoms with Crippen LogP contribution >= 0.6 is 11.3 Å². The Balaban J connectivity index is 2.34. The van der Waals surface area contributed by atoms with Crippen LogP contribution in [0, 0.1) is 13.8 Å². The minimum Gasteiger partial charge on any atom is -0.399 e. The number of aryl methyl sites for hydroxylation is 2. The van der Waals surface area contributed by atoms with Gasteiger partial charge in [-0.1, -0.05) is 18.2 Å². The Bertz CT molecular complexity index is 847. The van der Waals surface area contributed by atoms with Crippen molar-refractivity contribution in [1.82, 2.24) is 0 Å². The van der Waals surface area contributed by atoms with Crippen LogP contribution in [0.15, 0.2) is 47.3 Å². The van der Waals surface area contributed by atoms with Crippen LogP contribution in [0.2, 0.25) is 0 Å². The van der Waals surface area contributed by atoms with Gasteiger partial charge in [-0.25, -0.2) is 0 Å². The molecule has 0 aliphatic carbocycles. The van der Waals surface area contributed by atoms with E-state index in [1.807, 2.05) is 50.2 Å².